The molecule has 1 N–H and O–H groups in total. The predicted molar refractivity (Wildman–Crippen MR) is 56.1 cm³/mol. The van der Waals surface area contributed by atoms with Crippen LogP contribution in [0.15, 0.2) is 0 Å². The fourth-order valence-corrected chi connectivity index (χ4v) is 3.63. The van der Waals surface area contributed by atoms with Gasteiger partial charge >= 0.3 is 0 Å². The molecule has 2 aliphatic rings. The van der Waals surface area contributed by atoms with E-state index in [1.807, 2.05) is 7.11 Å². The molecule has 2 unspecified atom stereocenters. The first-order chi connectivity index (χ1) is 6.82. The molecule has 2 rings (SSSR count). The molecule has 2 nitrogen and oxygen atoms in total. The number of ether oxygens (including phenoxy) is 1. The third-order valence-electron chi connectivity index (χ3n) is 4.46. The van der Waals surface area contributed by atoms with Crippen LogP contribution < -0.4 is 0 Å². The first kappa shape index (κ1) is 10.4. The zero-order valence-electron chi connectivity index (χ0n) is 9.17. The first-order valence-corrected chi connectivity index (χ1v) is 5.96. The first-order valence-electron chi connectivity index (χ1n) is 5.96. The van der Waals surface area contributed by atoms with Crippen molar-refractivity contribution in [1.29, 1.82) is 0 Å². The van der Waals surface area contributed by atoms with E-state index in [0.29, 0.717) is 18.6 Å². The summed E-state index contributed by atoms with van der Waals surface area (Å²) in [5.74, 6) is 0.625. The van der Waals surface area contributed by atoms with Crippen LogP contribution in [0.3, 0.4) is 0 Å². The average molecular weight is 198 g/mol. The number of aliphatic hydroxyl groups is 1. The Morgan fingerprint density at radius 2 is 1.93 bits per heavy atom. The largest absolute Gasteiger partial charge is 0.396 e. The van der Waals surface area contributed by atoms with Crippen LogP contribution in [0.25, 0.3) is 0 Å². The lowest BCUT2D eigenvalue weighted by Gasteiger charge is -2.36. The fourth-order valence-electron chi connectivity index (χ4n) is 3.63. The molecule has 2 saturated carbocycles. The standard InChI is InChI=1S/C12H22O2/c1-14-11-6-4-5-10(11)12(9-13)7-2-3-8-12/h10-11,13H,2-9H2,1H3. The van der Waals surface area contributed by atoms with Crippen LogP contribution in [-0.4, -0.2) is 24.9 Å². The minimum Gasteiger partial charge on any atom is -0.396 e. The van der Waals surface area contributed by atoms with E-state index in [1.165, 1.54) is 44.9 Å². The highest BCUT2D eigenvalue weighted by atomic mass is 16.5. The molecule has 0 aromatic rings. The Balaban J connectivity index is 2.10. The summed E-state index contributed by atoms with van der Waals surface area (Å²) in [6, 6.07) is 0. The molecule has 2 atom stereocenters. The minimum absolute atomic E-state index is 0.219. The van der Waals surface area contributed by atoms with Gasteiger partial charge in [-0.2, -0.15) is 0 Å². The summed E-state index contributed by atoms with van der Waals surface area (Å²) in [7, 11) is 1.82. The van der Waals surface area contributed by atoms with Crippen molar-refractivity contribution in [2.24, 2.45) is 11.3 Å². The SMILES string of the molecule is COC1CCCC1C1(CO)CCCC1. The molecule has 0 heterocycles. The molecule has 0 aliphatic heterocycles. The van der Waals surface area contributed by atoms with Gasteiger partial charge in [0.2, 0.25) is 0 Å². The fraction of sp³-hybridized carbons (Fsp3) is 1.00. The van der Waals surface area contributed by atoms with Crippen molar-refractivity contribution in [3.05, 3.63) is 0 Å². The molecule has 0 amide bonds. The third-order valence-corrected chi connectivity index (χ3v) is 4.46. The van der Waals surface area contributed by atoms with Crippen molar-refractivity contribution >= 4 is 0 Å². The van der Waals surface area contributed by atoms with Gasteiger partial charge < -0.3 is 9.84 Å². The Morgan fingerprint density at radius 3 is 2.50 bits per heavy atom. The summed E-state index contributed by atoms with van der Waals surface area (Å²) in [5.41, 5.74) is 0.219. The summed E-state index contributed by atoms with van der Waals surface area (Å²) >= 11 is 0. The van der Waals surface area contributed by atoms with Gasteiger partial charge in [0.1, 0.15) is 0 Å². The Kier molecular flexibility index (Phi) is 3.13. The van der Waals surface area contributed by atoms with Crippen molar-refractivity contribution < 1.29 is 9.84 Å². The van der Waals surface area contributed by atoms with Gasteiger partial charge in [-0.25, -0.2) is 0 Å². The Morgan fingerprint density at radius 1 is 1.21 bits per heavy atom. The molecular weight excluding hydrogens is 176 g/mol. The molecule has 0 aromatic carbocycles. The highest BCUT2D eigenvalue weighted by Gasteiger charge is 2.46. The molecular formula is C12H22O2. The second kappa shape index (κ2) is 4.19. The van der Waals surface area contributed by atoms with Crippen LogP contribution in [0.5, 0.6) is 0 Å². The van der Waals surface area contributed by atoms with E-state index >= 15 is 0 Å². The molecule has 2 fully saturated rings. The van der Waals surface area contributed by atoms with E-state index in [9.17, 15) is 5.11 Å². The number of hydrogen-bond donors (Lipinski definition) is 1. The molecule has 82 valence electrons. The van der Waals surface area contributed by atoms with Crippen LogP contribution in [0.4, 0.5) is 0 Å². The highest BCUT2D eigenvalue weighted by molar-refractivity contribution is 4.96. The summed E-state index contributed by atoms with van der Waals surface area (Å²) in [6.07, 6.45) is 9.19. The van der Waals surface area contributed by atoms with E-state index in [2.05, 4.69) is 0 Å². The lowest BCUT2D eigenvalue weighted by Crippen LogP contribution is -2.37. The van der Waals surface area contributed by atoms with Gasteiger partial charge in [0.25, 0.3) is 0 Å². The topological polar surface area (TPSA) is 29.5 Å². The predicted octanol–water partition coefficient (Wildman–Crippen LogP) is 2.35. The summed E-state index contributed by atoms with van der Waals surface area (Å²) in [6.45, 7) is 0.373. The van der Waals surface area contributed by atoms with E-state index in [4.69, 9.17) is 4.74 Å². The maximum atomic E-state index is 9.63. The van der Waals surface area contributed by atoms with Gasteiger partial charge in [-0.05, 0) is 37.0 Å². The minimum atomic E-state index is 0.219. The van der Waals surface area contributed by atoms with Crippen LogP contribution in [0.1, 0.15) is 44.9 Å². The van der Waals surface area contributed by atoms with Gasteiger partial charge in [-0.15, -0.1) is 0 Å². The van der Waals surface area contributed by atoms with Crippen LogP contribution in [0, 0.1) is 11.3 Å². The van der Waals surface area contributed by atoms with Crippen molar-refractivity contribution in [1.82, 2.24) is 0 Å². The van der Waals surface area contributed by atoms with E-state index in [0.717, 1.165) is 0 Å². The summed E-state index contributed by atoms with van der Waals surface area (Å²) in [5, 5.41) is 9.63. The number of aliphatic hydroxyl groups excluding tert-OH is 1. The Labute approximate surface area is 86.6 Å². The molecule has 2 heteroatoms. The van der Waals surface area contributed by atoms with Crippen molar-refractivity contribution in [2.75, 3.05) is 13.7 Å². The van der Waals surface area contributed by atoms with Gasteiger partial charge in [0.05, 0.1) is 6.10 Å². The zero-order valence-corrected chi connectivity index (χ0v) is 9.17. The quantitative estimate of drug-likeness (QED) is 0.754. The number of hydrogen-bond acceptors (Lipinski definition) is 2. The average Bonchev–Trinajstić information content (AvgIpc) is 2.86. The Hall–Kier alpha value is -0.0800. The van der Waals surface area contributed by atoms with Gasteiger partial charge in [0.15, 0.2) is 0 Å². The lowest BCUT2D eigenvalue weighted by molar-refractivity contribution is -0.0200. The van der Waals surface area contributed by atoms with Crippen LogP contribution in [0.2, 0.25) is 0 Å². The lowest BCUT2D eigenvalue weighted by atomic mass is 9.72. The molecule has 0 saturated heterocycles. The Bertz CT molecular complexity index is 185. The second-order valence-electron chi connectivity index (χ2n) is 5.04. The zero-order chi connectivity index (χ0) is 10.0. The van der Waals surface area contributed by atoms with Crippen molar-refractivity contribution in [3.8, 4) is 0 Å². The monoisotopic (exact) mass is 198 g/mol. The van der Waals surface area contributed by atoms with E-state index in [1.54, 1.807) is 0 Å². The van der Waals surface area contributed by atoms with Gasteiger partial charge in [-0.1, -0.05) is 19.3 Å². The van der Waals surface area contributed by atoms with Gasteiger partial charge in [-0.3, -0.25) is 0 Å². The van der Waals surface area contributed by atoms with E-state index in [-0.39, 0.29) is 5.41 Å². The van der Waals surface area contributed by atoms with Crippen LogP contribution >= 0.6 is 0 Å². The second-order valence-corrected chi connectivity index (χ2v) is 5.04. The summed E-state index contributed by atoms with van der Waals surface area (Å²) < 4.78 is 5.55. The van der Waals surface area contributed by atoms with Crippen molar-refractivity contribution in [2.45, 2.75) is 51.0 Å². The van der Waals surface area contributed by atoms with Crippen LogP contribution in [-0.2, 0) is 4.74 Å². The molecule has 0 spiro atoms. The van der Waals surface area contributed by atoms with Crippen molar-refractivity contribution in [3.63, 3.8) is 0 Å². The normalized spacial score (nSPS) is 36.4. The third kappa shape index (κ3) is 1.59. The molecule has 0 radical (unpaired) electrons. The van der Waals surface area contributed by atoms with Gasteiger partial charge in [0, 0.05) is 13.7 Å². The smallest absolute Gasteiger partial charge is 0.0605 e. The molecule has 0 bridgehead atoms. The summed E-state index contributed by atoms with van der Waals surface area (Å²) in [4.78, 5) is 0. The molecule has 2 aliphatic carbocycles. The maximum absolute atomic E-state index is 9.63. The number of methoxy groups -OCH3 is 1. The van der Waals surface area contributed by atoms with E-state index < -0.39 is 0 Å². The molecule has 0 aromatic heterocycles. The number of rotatable bonds is 3. The highest BCUT2D eigenvalue weighted by Crippen LogP contribution is 2.50. The maximum Gasteiger partial charge on any atom is 0.0605 e. The molecule has 14 heavy (non-hydrogen) atoms.